The minimum atomic E-state index is 0.662. The smallest absolute Gasteiger partial charge is 0.170 e. The maximum absolute atomic E-state index is 4.04. The van der Waals surface area contributed by atoms with Crippen molar-refractivity contribution in [2.75, 3.05) is 6.54 Å². The van der Waals surface area contributed by atoms with Crippen LogP contribution < -0.4 is 5.32 Å². The number of nitrogens with one attached hydrogen (secondary N) is 1. The number of hydrogen-bond acceptors (Lipinski definition) is 4. The fourth-order valence-electron chi connectivity index (χ4n) is 1.55. The maximum atomic E-state index is 4.04. The molecule has 1 N–H and O–H groups in total. The van der Waals surface area contributed by atoms with Gasteiger partial charge in [-0.05, 0) is 41.6 Å². The highest BCUT2D eigenvalue weighted by Crippen LogP contribution is 2.19. The quantitative estimate of drug-likeness (QED) is 0.935. The van der Waals surface area contributed by atoms with Crippen LogP contribution in [0, 0.1) is 6.92 Å². The molecule has 6 heteroatoms. The van der Waals surface area contributed by atoms with Crippen molar-refractivity contribution in [2.24, 2.45) is 0 Å². The van der Waals surface area contributed by atoms with E-state index in [1.807, 2.05) is 25.1 Å². The van der Waals surface area contributed by atoms with Gasteiger partial charge in [0.1, 0.15) is 0 Å². The molecule has 2 rings (SSSR count). The predicted molar refractivity (Wildman–Crippen MR) is 69.0 cm³/mol. The van der Waals surface area contributed by atoms with E-state index in [0.29, 0.717) is 6.54 Å². The van der Waals surface area contributed by atoms with Crippen LogP contribution in [0.5, 0.6) is 0 Å². The van der Waals surface area contributed by atoms with Gasteiger partial charge in [-0.15, -0.1) is 5.10 Å². The molecule has 0 amide bonds. The molecule has 0 unspecified atom stereocenters. The number of tetrazole rings is 1. The highest BCUT2D eigenvalue weighted by Gasteiger charge is 2.10. The summed E-state index contributed by atoms with van der Waals surface area (Å²) in [7, 11) is 0. The normalized spacial score (nSPS) is 10.8. The van der Waals surface area contributed by atoms with Crippen LogP contribution in [0.1, 0.15) is 18.3 Å². The summed E-state index contributed by atoms with van der Waals surface area (Å²) < 4.78 is 2.78. The largest absolute Gasteiger partial charge is 0.310 e. The van der Waals surface area contributed by atoms with Crippen molar-refractivity contribution in [1.82, 2.24) is 25.5 Å². The van der Waals surface area contributed by atoms with E-state index in [0.717, 1.165) is 28.1 Å². The average molecular weight is 296 g/mol. The molecule has 0 aliphatic rings. The summed E-state index contributed by atoms with van der Waals surface area (Å²) in [5, 5.41) is 15.0. The number of hydrogen-bond donors (Lipinski definition) is 1. The van der Waals surface area contributed by atoms with Crippen molar-refractivity contribution in [3.05, 3.63) is 34.1 Å². The minimum absolute atomic E-state index is 0.662. The lowest BCUT2D eigenvalue weighted by Crippen LogP contribution is -2.16. The lowest BCUT2D eigenvalue weighted by molar-refractivity contribution is 0.662. The van der Waals surface area contributed by atoms with Crippen molar-refractivity contribution in [1.29, 1.82) is 0 Å². The molecule has 0 radical (unpaired) electrons. The number of benzene rings is 1. The second kappa shape index (κ2) is 5.37. The van der Waals surface area contributed by atoms with Gasteiger partial charge in [0.25, 0.3) is 0 Å². The van der Waals surface area contributed by atoms with Crippen LogP contribution in [-0.2, 0) is 6.54 Å². The van der Waals surface area contributed by atoms with Crippen molar-refractivity contribution >= 4 is 15.9 Å². The van der Waals surface area contributed by atoms with Crippen molar-refractivity contribution in [3.63, 3.8) is 0 Å². The summed E-state index contributed by atoms with van der Waals surface area (Å²) >= 11 is 3.46. The third-order valence-electron chi connectivity index (χ3n) is 2.47. The van der Waals surface area contributed by atoms with Crippen LogP contribution >= 0.6 is 15.9 Å². The third kappa shape index (κ3) is 2.70. The molecule has 0 fully saturated rings. The molecule has 1 aromatic heterocycles. The second-order valence-corrected chi connectivity index (χ2v) is 4.63. The van der Waals surface area contributed by atoms with Crippen LogP contribution in [0.15, 0.2) is 22.7 Å². The molecule has 17 heavy (non-hydrogen) atoms. The summed E-state index contributed by atoms with van der Waals surface area (Å²) in [5.41, 5.74) is 2.13. The molecule has 0 aliphatic carbocycles. The average Bonchev–Trinajstić information content (AvgIpc) is 2.77. The number of rotatable bonds is 4. The molecular weight excluding hydrogens is 282 g/mol. The van der Waals surface area contributed by atoms with E-state index in [4.69, 9.17) is 0 Å². The first-order chi connectivity index (χ1) is 8.22. The van der Waals surface area contributed by atoms with Crippen LogP contribution in [0.3, 0.4) is 0 Å². The second-order valence-electron chi connectivity index (χ2n) is 3.72. The monoisotopic (exact) mass is 295 g/mol. The van der Waals surface area contributed by atoms with Gasteiger partial charge in [0.2, 0.25) is 0 Å². The summed E-state index contributed by atoms with van der Waals surface area (Å²) in [5.74, 6) is 0.813. The van der Waals surface area contributed by atoms with Gasteiger partial charge in [0.05, 0.1) is 12.2 Å². The van der Waals surface area contributed by atoms with E-state index in [2.05, 4.69) is 43.7 Å². The Morgan fingerprint density at radius 3 is 3.00 bits per heavy atom. The minimum Gasteiger partial charge on any atom is -0.310 e. The van der Waals surface area contributed by atoms with Gasteiger partial charge < -0.3 is 5.32 Å². The fraction of sp³-hybridized carbons (Fsp3) is 0.364. The van der Waals surface area contributed by atoms with Gasteiger partial charge in [-0.3, -0.25) is 0 Å². The molecule has 5 nitrogen and oxygen atoms in total. The Morgan fingerprint density at radius 2 is 2.24 bits per heavy atom. The third-order valence-corrected chi connectivity index (χ3v) is 2.96. The first kappa shape index (κ1) is 12.2. The Bertz CT molecular complexity index is 508. The zero-order chi connectivity index (χ0) is 12.3. The van der Waals surface area contributed by atoms with Gasteiger partial charge in [-0.1, -0.05) is 28.9 Å². The van der Waals surface area contributed by atoms with Crippen LogP contribution in [0.25, 0.3) is 5.69 Å². The van der Waals surface area contributed by atoms with Crippen LogP contribution in [0.4, 0.5) is 0 Å². The van der Waals surface area contributed by atoms with E-state index in [9.17, 15) is 0 Å². The lowest BCUT2D eigenvalue weighted by Gasteiger charge is -2.08. The molecule has 90 valence electrons. The van der Waals surface area contributed by atoms with Crippen LogP contribution in [-0.4, -0.2) is 26.8 Å². The fourth-order valence-corrected chi connectivity index (χ4v) is 1.90. The van der Waals surface area contributed by atoms with Gasteiger partial charge in [-0.2, -0.15) is 4.68 Å². The molecular formula is C11H14BrN5. The molecule has 0 aliphatic heterocycles. The first-order valence-corrected chi connectivity index (χ1v) is 6.26. The number of aromatic nitrogens is 4. The van der Waals surface area contributed by atoms with E-state index in [1.54, 1.807) is 4.68 Å². The summed E-state index contributed by atoms with van der Waals surface area (Å²) in [6.45, 7) is 5.65. The van der Waals surface area contributed by atoms with E-state index >= 15 is 0 Å². The molecule has 0 atom stereocenters. The summed E-state index contributed by atoms with van der Waals surface area (Å²) in [4.78, 5) is 0. The molecule has 0 saturated heterocycles. The van der Waals surface area contributed by atoms with Gasteiger partial charge in [-0.25, -0.2) is 0 Å². The zero-order valence-corrected chi connectivity index (χ0v) is 11.4. The lowest BCUT2D eigenvalue weighted by atomic mass is 10.2. The van der Waals surface area contributed by atoms with E-state index in [1.165, 1.54) is 0 Å². The first-order valence-electron chi connectivity index (χ1n) is 5.47. The van der Waals surface area contributed by atoms with Gasteiger partial charge >= 0.3 is 0 Å². The standard InChI is InChI=1S/C11H14BrN5/c1-3-13-7-11-14-15-16-17(11)10-6-9(12)5-4-8(10)2/h4-6,13H,3,7H2,1-2H3. The highest BCUT2D eigenvalue weighted by molar-refractivity contribution is 9.10. The Balaban J connectivity index is 2.38. The number of aryl methyl sites for hydroxylation is 1. The molecule has 1 heterocycles. The van der Waals surface area contributed by atoms with Gasteiger partial charge in [0, 0.05) is 4.47 Å². The molecule has 0 bridgehead atoms. The SMILES string of the molecule is CCNCc1nnnn1-c1cc(Br)ccc1C. The number of nitrogens with zero attached hydrogens (tertiary/aromatic N) is 4. The maximum Gasteiger partial charge on any atom is 0.170 e. The van der Waals surface area contributed by atoms with Crippen LogP contribution in [0.2, 0.25) is 0 Å². The van der Waals surface area contributed by atoms with E-state index in [-0.39, 0.29) is 0 Å². The topological polar surface area (TPSA) is 55.6 Å². The predicted octanol–water partition coefficient (Wildman–Crippen LogP) is 1.84. The van der Waals surface area contributed by atoms with E-state index < -0.39 is 0 Å². The van der Waals surface area contributed by atoms with Crippen molar-refractivity contribution in [3.8, 4) is 5.69 Å². The number of halogens is 1. The highest BCUT2D eigenvalue weighted by atomic mass is 79.9. The molecule has 2 aromatic rings. The molecule has 1 aromatic carbocycles. The summed E-state index contributed by atoms with van der Waals surface area (Å²) in [6.07, 6.45) is 0. The Labute approximate surface area is 108 Å². The molecule has 0 saturated carbocycles. The van der Waals surface area contributed by atoms with Crippen molar-refractivity contribution in [2.45, 2.75) is 20.4 Å². The Hall–Kier alpha value is -1.27. The zero-order valence-electron chi connectivity index (χ0n) is 9.81. The Kier molecular flexibility index (Phi) is 3.86. The molecule has 0 spiro atoms. The Morgan fingerprint density at radius 1 is 1.41 bits per heavy atom. The van der Waals surface area contributed by atoms with Crippen molar-refractivity contribution < 1.29 is 0 Å². The summed E-state index contributed by atoms with van der Waals surface area (Å²) in [6, 6.07) is 6.06. The van der Waals surface area contributed by atoms with Gasteiger partial charge in [0.15, 0.2) is 5.82 Å².